The van der Waals surface area contributed by atoms with Crippen LogP contribution >= 0.6 is 34.5 Å². The van der Waals surface area contributed by atoms with E-state index in [1.54, 1.807) is 23.1 Å². The van der Waals surface area contributed by atoms with E-state index in [0.29, 0.717) is 32.2 Å². The Morgan fingerprint density at radius 3 is 2.36 bits per heavy atom. The van der Waals surface area contributed by atoms with Gasteiger partial charge in [-0.05, 0) is 35.9 Å². The summed E-state index contributed by atoms with van der Waals surface area (Å²) in [6, 6.07) is 21.0. The van der Waals surface area contributed by atoms with Crippen LogP contribution in [0.2, 0.25) is 10.0 Å². The topological polar surface area (TPSA) is 48.8 Å². The monoisotopic (exact) mass is 492 g/mol. The maximum atomic E-state index is 13.5. The molecule has 0 unspecified atom stereocenters. The number of anilines is 2. The van der Waals surface area contributed by atoms with Crippen molar-refractivity contribution >= 4 is 73.4 Å². The minimum absolute atomic E-state index is 0.234. The number of hydrogen-bond acceptors (Lipinski definition) is 5. The maximum absolute atomic E-state index is 13.5. The molecule has 1 aromatic heterocycles. The number of aromatic nitrogens is 1. The molecule has 2 heterocycles. The van der Waals surface area contributed by atoms with Crippen molar-refractivity contribution in [3.8, 4) is 0 Å². The molecular weight excluding hydrogens is 475 g/mol. The maximum Gasteiger partial charge on any atom is 0.284 e. The lowest BCUT2D eigenvalue weighted by Gasteiger charge is -2.14. The van der Waals surface area contributed by atoms with Crippen LogP contribution < -0.4 is 9.80 Å². The Kier molecular flexibility index (Phi) is 5.66. The lowest BCUT2D eigenvalue weighted by atomic mass is 10.1. The van der Waals surface area contributed by atoms with E-state index in [2.05, 4.69) is 4.98 Å². The van der Waals surface area contributed by atoms with E-state index in [0.717, 1.165) is 21.5 Å². The predicted octanol–water partition coefficient (Wildman–Crippen LogP) is 6.50. The third kappa shape index (κ3) is 4.13. The van der Waals surface area contributed by atoms with Crippen molar-refractivity contribution in [1.29, 1.82) is 0 Å². The summed E-state index contributed by atoms with van der Waals surface area (Å²) in [5, 5.41) is 1.39. The Hall–Kier alpha value is -3.19. The molecule has 1 aliphatic heterocycles. The molecule has 0 fully saturated rings. The van der Waals surface area contributed by atoms with Crippen LogP contribution in [0.25, 0.3) is 16.3 Å². The summed E-state index contributed by atoms with van der Waals surface area (Å²) in [7, 11) is 3.97. The number of halogens is 2. The average Bonchev–Trinajstić information content (AvgIpc) is 3.35. The number of carbonyl (C=O) groups excluding carboxylic acids is 1. The average molecular weight is 493 g/mol. The first-order chi connectivity index (χ1) is 15.9. The van der Waals surface area contributed by atoms with E-state index in [9.17, 15) is 4.79 Å². The van der Waals surface area contributed by atoms with Crippen LogP contribution in [0, 0.1) is 0 Å². The van der Waals surface area contributed by atoms with Crippen LogP contribution in [0.15, 0.2) is 77.4 Å². The molecule has 5 rings (SSSR count). The summed E-state index contributed by atoms with van der Waals surface area (Å²) in [5.74, 6) is 0.301. The predicted molar refractivity (Wildman–Crippen MR) is 139 cm³/mol. The highest BCUT2D eigenvalue weighted by atomic mass is 35.5. The number of fused-ring (bicyclic) bond motifs is 1. The van der Waals surface area contributed by atoms with Gasteiger partial charge in [-0.3, -0.25) is 4.79 Å². The molecular formula is C25H18Cl2N4OS. The van der Waals surface area contributed by atoms with Crippen molar-refractivity contribution in [1.82, 2.24) is 4.98 Å². The summed E-state index contributed by atoms with van der Waals surface area (Å²) in [5.41, 5.74) is 3.83. The van der Waals surface area contributed by atoms with Crippen molar-refractivity contribution in [2.24, 2.45) is 4.99 Å². The van der Waals surface area contributed by atoms with Crippen molar-refractivity contribution in [2.45, 2.75) is 0 Å². The van der Waals surface area contributed by atoms with Crippen LogP contribution in [0.4, 0.5) is 10.8 Å². The van der Waals surface area contributed by atoms with E-state index >= 15 is 0 Å². The van der Waals surface area contributed by atoms with Crippen molar-refractivity contribution < 1.29 is 4.79 Å². The first-order valence-corrected chi connectivity index (χ1v) is 11.7. The number of nitrogens with zero attached hydrogens (tertiary/aromatic N) is 4. The van der Waals surface area contributed by atoms with Crippen LogP contribution in [0.3, 0.4) is 0 Å². The minimum atomic E-state index is -0.234. The molecule has 0 aliphatic carbocycles. The standard InChI is InChI=1S/C25H18Cl2N4OS/c1-30(2)17-10-8-15(9-11-17)12-21-24(32)31(23(28-21)16-6-4-3-5-7-16)25-29-20-13-18(26)19(27)14-22(20)33-25/h3-14H,1-2H3. The Bertz CT molecular complexity index is 1390. The molecule has 0 bridgehead atoms. The number of benzene rings is 3. The molecule has 1 aliphatic rings. The molecule has 164 valence electrons. The summed E-state index contributed by atoms with van der Waals surface area (Å²) in [6.45, 7) is 0. The number of carbonyl (C=O) groups is 1. The molecule has 0 atom stereocenters. The highest BCUT2D eigenvalue weighted by molar-refractivity contribution is 7.22. The Morgan fingerprint density at radius 2 is 1.67 bits per heavy atom. The number of thiazole rings is 1. The lowest BCUT2D eigenvalue weighted by Crippen LogP contribution is -2.32. The quantitative estimate of drug-likeness (QED) is 0.305. The van der Waals surface area contributed by atoms with Crippen LogP contribution in [0.5, 0.6) is 0 Å². The second kappa shape index (κ2) is 8.63. The Morgan fingerprint density at radius 1 is 0.970 bits per heavy atom. The molecule has 0 saturated heterocycles. The van der Waals surface area contributed by atoms with Gasteiger partial charge in [0.05, 0.1) is 20.3 Å². The molecule has 5 nitrogen and oxygen atoms in total. The molecule has 0 saturated carbocycles. The third-order valence-electron chi connectivity index (χ3n) is 5.22. The van der Waals surface area contributed by atoms with Gasteiger partial charge in [-0.15, -0.1) is 0 Å². The van der Waals surface area contributed by atoms with Gasteiger partial charge >= 0.3 is 0 Å². The number of aliphatic imine (C=N–C) groups is 1. The molecule has 0 spiro atoms. The lowest BCUT2D eigenvalue weighted by molar-refractivity contribution is -0.113. The minimum Gasteiger partial charge on any atom is -0.378 e. The van der Waals surface area contributed by atoms with E-state index in [1.807, 2.05) is 73.6 Å². The zero-order valence-electron chi connectivity index (χ0n) is 17.8. The van der Waals surface area contributed by atoms with Crippen LogP contribution in [-0.4, -0.2) is 30.8 Å². The van der Waals surface area contributed by atoms with Gasteiger partial charge < -0.3 is 4.90 Å². The number of amidine groups is 1. The number of rotatable bonds is 4. The summed E-state index contributed by atoms with van der Waals surface area (Å²) in [6.07, 6.45) is 1.80. The van der Waals surface area contributed by atoms with Crippen LogP contribution in [0.1, 0.15) is 11.1 Å². The first-order valence-electron chi connectivity index (χ1n) is 10.1. The van der Waals surface area contributed by atoms with Gasteiger partial charge in [0.1, 0.15) is 11.5 Å². The SMILES string of the molecule is CN(C)c1ccc(C=C2N=C(c3ccccc3)N(c3nc4cc(Cl)c(Cl)cc4s3)C2=O)cc1. The van der Waals surface area contributed by atoms with Crippen molar-refractivity contribution in [2.75, 3.05) is 23.9 Å². The van der Waals surface area contributed by atoms with E-state index < -0.39 is 0 Å². The Balaban J connectivity index is 1.60. The fourth-order valence-corrected chi connectivity index (χ4v) is 4.88. The number of amides is 1. The third-order valence-corrected chi connectivity index (χ3v) is 6.94. The zero-order valence-corrected chi connectivity index (χ0v) is 20.1. The van der Waals surface area contributed by atoms with Gasteiger partial charge in [0.2, 0.25) is 0 Å². The van der Waals surface area contributed by atoms with E-state index in [-0.39, 0.29) is 5.91 Å². The fraction of sp³-hybridized carbons (Fsp3) is 0.0800. The zero-order chi connectivity index (χ0) is 23.1. The molecule has 4 aromatic rings. The van der Waals surface area contributed by atoms with E-state index in [4.69, 9.17) is 28.2 Å². The second-order valence-electron chi connectivity index (χ2n) is 7.69. The highest BCUT2D eigenvalue weighted by Gasteiger charge is 2.34. The second-order valence-corrected chi connectivity index (χ2v) is 9.51. The van der Waals surface area contributed by atoms with Gasteiger partial charge in [0, 0.05) is 25.3 Å². The molecule has 0 N–H and O–H groups in total. The van der Waals surface area contributed by atoms with Gasteiger partial charge in [0.25, 0.3) is 5.91 Å². The fourth-order valence-electron chi connectivity index (χ4n) is 3.51. The molecule has 8 heteroatoms. The molecule has 1 amide bonds. The first kappa shape index (κ1) is 21.6. The summed E-state index contributed by atoms with van der Waals surface area (Å²) < 4.78 is 0.844. The van der Waals surface area contributed by atoms with E-state index in [1.165, 1.54) is 11.3 Å². The van der Waals surface area contributed by atoms with Crippen molar-refractivity contribution in [3.63, 3.8) is 0 Å². The highest BCUT2D eigenvalue weighted by Crippen LogP contribution is 2.37. The molecule has 0 radical (unpaired) electrons. The van der Waals surface area contributed by atoms with Gasteiger partial charge in [-0.1, -0.05) is 77.0 Å². The van der Waals surface area contributed by atoms with Gasteiger partial charge in [0.15, 0.2) is 5.13 Å². The Labute approximate surface area is 205 Å². The van der Waals surface area contributed by atoms with Crippen molar-refractivity contribution in [3.05, 3.63) is 93.6 Å². The molecule has 3 aromatic carbocycles. The molecule has 33 heavy (non-hydrogen) atoms. The van der Waals surface area contributed by atoms with Gasteiger partial charge in [-0.2, -0.15) is 0 Å². The largest absolute Gasteiger partial charge is 0.378 e. The summed E-state index contributed by atoms with van der Waals surface area (Å²) in [4.78, 5) is 26.5. The van der Waals surface area contributed by atoms with Crippen LogP contribution in [-0.2, 0) is 4.79 Å². The normalized spacial score (nSPS) is 14.9. The van der Waals surface area contributed by atoms with Gasteiger partial charge in [-0.25, -0.2) is 14.9 Å². The smallest absolute Gasteiger partial charge is 0.284 e. The number of hydrogen-bond donors (Lipinski definition) is 0. The summed E-state index contributed by atoms with van der Waals surface area (Å²) >= 11 is 13.7.